The van der Waals surface area contributed by atoms with Crippen molar-refractivity contribution in [2.24, 2.45) is 22.2 Å². The summed E-state index contributed by atoms with van der Waals surface area (Å²) >= 11 is 0. The molecule has 59 heavy (non-hydrogen) atoms. The monoisotopic (exact) mass is 829 g/mol. The number of aliphatic hydroxyl groups is 4. The van der Waals surface area contributed by atoms with Crippen molar-refractivity contribution in [2.75, 3.05) is 13.7 Å². The van der Waals surface area contributed by atoms with Crippen LogP contribution in [0.2, 0.25) is 0 Å². The van der Waals surface area contributed by atoms with E-state index in [4.69, 9.17) is 28.4 Å². The van der Waals surface area contributed by atoms with Crippen molar-refractivity contribution < 1.29 is 77.6 Å². The van der Waals surface area contributed by atoms with E-state index in [2.05, 4.69) is 0 Å². The number of methoxy groups -OCH3 is 1. The number of esters is 2. The maximum Gasteiger partial charge on any atom is 0.508 e. The molecule has 4 fully saturated rings. The molecule has 2 saturated heterocycles. The average Bonchev–Trinajstić information content (AvgIpc) is 3.34. The lowest BCUT2D eigenvalue weighted by Crippen LogP contribution is -2.82. The lowest BCUT2D eigenvalue weighted by Gasteiger charge is -2.67. The lowest BCUT2D eigenvalue weighted by molar-refractivity contribution is -0.345. The molecule has 0 radical (unpaired) electrons. The fourth-order valence-corrected chi connectivity index (χ4v) is 10.3. The summed E-state index contributed by atoms with van der Waals surface area (Å²) in [5, 5.41) is 49.6. The molecule has 5 aliphatic rings. The van der Waals surface area contributed by atoms with Gasteiger partial charge >= 0.3 is 24.2 Å². The molecule has 3 aliphatic carbocycles. The standard InChI is InChI=1S/C42H55NO16/c1-20-24-25(45)29(47)40(10)22(44)17-23-41(19-55-23,59-35(52)54-11)27(40)30(56-31(48)21-15-13-12-14-16-21)42(53,37(24,5)6)18-39(20,9)57-32(49)26(46)28(36(2,3)4)43-33(50)38(7,8)58-34(43)51/h12-16,22-23,25-28,30,44-46,53H,17-19H2,1-11H3/t22?,23-,25-,26-,27?,28-,30+,39+,40-,41+,42-/m1/s1. The predicted octanol–water partition coefficient (Wildman–Crippen LogP) is 2.78. The van der Waals surface area contributed by atoms with E-state index in [9.17, 15) is 44.4 Å². The topological polar surface area (TPSA) is 242 Å². The van der Waals surface area contributed by atoms with E-state index >= 15 is 4.79 Å². The minimum Gasteiger partial charge on any atom is -0.455 e. The van der Waals surface area contributed by atoms with Crippen LogP contribution in [0.4, 0.5) is 9.59 Å². The van der Waals surface area contributed by atoms with E-state index in [0.717, 1.165) is 7.11 Å². The number of hydrogen-bond acceptors (Lipinski definition) is 16. The number of ether oxygens (including phenoxy) is 6. The molecule has 1 aromatic rings. The third kappa shape index (κ3) is 6.37. The Bertz CT molecular complexity index is 1990. The van der Waals surface area contributed by atoms with Crippen molar-refractivity contribution in [1.82, 2.24) is 4.90 Å². The van der Waals surface area contributed by atoms with Crippen LogP contribution in [0.3, 0.4) is 0 Å². The third-order valence-electron chi connectivity index (χ3n) is 13.7. The molecule has 1 aromatic carbocycles. The first kappa shape index (κ1) is 44.1. The number of carbonyl (C=O) groups excluding carboxylic acids is 6. The number of hydrogen-bond donors (Lipinski definition) is 4. The second kappa shape index (κ2) is 14.1. The van der Waals surface area contributed by atoms with Gasteiger partial charge in [-0.15, -0.1) is 0 Å². The molecule has 2 amide bonds. The van der Waals surface area contributed by atoms with Gasteiger partial charge in [-0.2, -0.15) is 0 Å². The van der Waals surface area contributed by atoms with E-state index in [1.807, 2.05) is 0 Å². The molecule has 0 aromatic heterocycles. The molecule has 2 bridgehead atoms. The third-order valence-corrected chi connectivity index (χ3v) is 13.7. The summed E-state index contributed by atoms with van der Waals surface area (Å²) in [6.07, 6.45) is -12.0. The van der Waals surface area contributed by atoms with E-state index < -0.39 is 123 Å². The number of ketones is 1. The maximum absolute atomic E-state index is 15.1. The fraction of sp³-hybridized carbons (Fsp3) is 0.667. The maximum atomic E-state index is 15.1. The van der Waals surface area contributed by atoms with Crippen molar-refractivity contribution in [3.05, 3.63) is 47.0 Å². The van der Waals surface area contributed by atoms with Gasteiger partial charge in [0.15, 0.2) is 23.1 Å². The lowest BCUT2D eigenvalue weighted by atomic mass is 9.44. The average molecular weight is 830 g/mol. The van der Waals surface area contributed by atoms with Gasteiger partial charge in [0.25, 0.3) is 5.91 Å². The van der Waals surface area contributed by atoms with Gasteiger partial charge in [0.2, 0.25) is 0 Å². The highest BCUT2D eigenvalue weighted by atomic mass is 16.8. The summed E-state index contributed by atoms with van der Waals surface area (Å²) in [4.78, 5) is 83.8. The molecule has 2 aliphatic heterocycles. The Balaban J connectivity index is 1.55. The number of rotatable bonds is 7. The van der Waals surface area contributed by atoms with Crippen LogP contribution in [0, 0.1) is 22.2 Å². The van der Waals surface area contributed by atoms with Gasteiger partial charge in [0, 0.05) is 18.3 Å². The molecule has 11 atom stereocenters. The SMILES string of the molecule is COC(=O)O[C@@]12CO[C@@H]1CC(O)[C@@]1(C)C(=O)[C@H](O)C3=C(C)[C@@](C)(OC(=O)[C@H](O)[C@@H](N4C(=O)OC(C)(C)C4=O)C(C)(C)C)C[C@@](O)([C@@H](OC(=O)c4ccccc4)C12)C3(C)C. The first-order valence-corrected chi connectivity index (χ1v) is 19.5. The molecular formula is C42H55NO16. The summed E-state index contributed by atoms with van der Waals surface area (Å²) in [6, 6.07) is 6.20. The number of benzene rings is 1. The van der Waals surface area contributed by atoms with Crippen molar-refractivity contribution in [1.29, 1.82) is 0 Å². The Morgan fingerprint density at radius 2 is 1.58 bits per heavy atom. The number of imide groups is 1. The van der Waals surface area contributed by atoms with Crippen molar-refractivity contribution in [2.45, 2.75) is 141 Å². The van der Waals surface area contributed by atoms with Crippen molar-refractivity contribution in [3.63, 3.8) is 0 Å². The molecule has 2 unspecified atom stereocenters. The van der Waals surface area contributed by atoms with Crippen molar-refractivity contribution in [3.8, 4) is 0 Å². The Kier molecular flexibility index (Phi) is 10.5. The number of carbonyl (C=O) groups is 6. The number of nitrogens with zero attached hydrogens (tertiary/aromatic N) is 1. The minimum atomic E-state index is -2.47. The second-order valence-corrected chi connectivity index (χ2v) is 19.0. The highest BCUT2D eigenvalue weighted by Gasteiger charge is 2.79. The molecule has 2 heterocycles. The van der Waals surface area contributed by atoms with E-state index in [-0.39, 0.29) is 29.7 Å². The number of cyclic esters (lactones) is 1. The van der Waals surface area contributed by atoms with Gasteiger partial charge in [-0.25, -0.2) is 24.1 Å². The van der Waals surface area contributed by atoms with Crippen LogP contribution in [0.25, 0.3) is 0 Å². The molecule has 324 valence electrons. The normalized spacial score (nSPS) is 37.0. The van der Waals surface area contributed by atoms with Gasteiger partial charge in [-0.1, -0.05) is 52.8 Å². The van der Waals surface area contributed by atoms with Gasteiger partial charge in [-0.3, -0.25) is 9.59 Å². The number of fused-ring (bicyclic) bond motifs is 5. The Labute approximate surface area is 341 Å². The Morgan fingerprint density at radius 1 is 0.966 bits per heavy atom. The summed E-state index contributed by atoms with van der Waals surface area (Å²) in [7, 11) is 1.06. The van der Waals surface area contributed by atoms with Gasteiger partial charge < -0.3 is 48.8 Å². The van der Waals surface area contributed by atoms with Gasteiger partial charge in [-0.05, 0) is 63.3 Å². The van der Waals surface area contributed by atoms with E-state index in [1.54, 1.807) is 39.0 Å². The van der Waals surface area contributed by atoms with Crippen LogP contribution < -0.4 is 0 Å². The first-order valence-electron chi connectivity index (χ1n) is 19.5. The van der Waals surface area contributed by atoms with Crippen molar-refractivity contribution >= 4 is 35.9 Å². The summed E-state index contributed by atoms with van der Waals surface area (Å²) in [5.74, 6) is -5.73. The molecule has 17 heteroatoms. The van der Waals surface area contributed by atoms with Crippen LogP contribution in [0.1, 0.15) is 92.4 Å². The number of aliphatic hydroxyl groups excluding tert-OH is 3. The van der Waals surface area contributed by atoms with Gasteiger partial charge in [0.05, 0.1) is 42.8 Å². The molecule has 2 saturated carbocycles. The van der Waals surface area contributed by atoms with Crippen LogP contribution in [-0.4, -0.2) is 134 Å². The molecule has 4 N–H and O–H groups in total. The van der Waals surface area contributed by atoms with Crippen LogP contribution in [0.5, 0.6) is 0 Å². The van der Waals surface area contributed by atoms with E-state index in [0.29, 0.717) is 4.90 Å². The zero-order chi connectivity index (χ0) is 44.2. The Hall–Kier alpha value is -4.42. The summed E-state index contributed by atoms with van der Waals surface area (Å²) < 4.78 is 34.4. The summed E-state index contributed by atoms with van der Waals surface area (Å²) in [5.41, 5.74) is -12.9. The van der Waals surface area contributed by atoms with E-state index in [1.165, 1.54) is 60.6 Å². The predicted molar refractivity (Wildman–Crippen MR) is 202 cm³/mol. The Morgan fingerprint density at radius 3 is 2.08 bits per heavy atom. The molecule has 17 nitrogen and oxygen atoms in total. The highest BCUT2D eigenvalue weighted by Crippen LogP contribution is 2.65. The zero-order valence-electron chi connectivity index (χ0n) is 35.2. The van der Waals surface area contributed by atoms with Crippen LogP contribution >= 0.6 is 0 Å². The molecule has 0 spiro atoms. The number of amides is 2. The molecular weight excluding hydrogens is 774 g/mol. The number of Topliss-reactive ketones (excluding diaryl/α,β-unsaturated/α-hetero) is 1. The smallest absolute Gasteiger partial charge is 0.455 e. The van der Waals surface area contributed by atoms with Gasteiger partial charge in [0.1, 0.15) is 29.5 Å². The molecule has 6 rings (SSSR count). The van der Waals surface area contributed by atoms with Crippen LogP contribution in [-0.2, 0) is 42.8 Å². The quantitative estimate of drug-likeness (QED) is 0.175. The van der Waals surface area contributed by atoms with Crippen LogP contribution in [0.15, 0.2) is 41.5 Å². The zero-order valence-corrected chi connectivity index (χ0v) is 35.2. The minimum absolute atomic E-state index is 0.0381. The highest BCUT2D eigenvalue weighted by molar-refractivity contribution is 6.03. The largest absolute Gasteiger partial charge is 0.508 e. The first-order chi connectivity index (χ1) is 27.1. The summed E-state index contributed by atoms with van der Waals surface area (Å²) in [6.45, 7) is 14.3. The second-order valence-electron chi connectivity index (χ2n) is 19.0. The fourth-order valence-electron chi connectivity index (χ4n) is 10.3.